The van der Waals surface area contributed by atoms with E-state index in [-0.39, 0.29) is 5.41 Å². The normalized spacial score (nSPS) is 12.5. The maximum Gasteiger partial charge on any atom is 0.182 e. The van der Waals surface area contributed by atoms with E-state index in [4.69, 9.17) is 29.9 Å². The monoisotopic (exact) mass is 856 g/mol. The summed E-state index contributed by atoms with van der Waals surface area (Å²) in [5, 5.41) is 0. The molecular weight excluding hydrogens is 801 g/mol. The third-order valence-electron chi connectivity index (χ3n) is 12.6. The van der Waals surface area contributed by atoms with Gasteiger partial charge in [0.15, 0.2) is 34.9 Å². The maximum atomic E-state index is 5.10. The molecule has 0 N–H and O–H groups in total. The summed E-state index contributed by atoms with van der Waals surface area (Å²) in [5.41, 5.74) is 9.57. The summed E-state index contributed by atoms with van der Waals surface area (Å²) in [6.07, 6.45) is 23.9. The minimum absolute atomic E-state index is 0.256. The number of rotatable bonds is 20. The Balaban J connectivity index is 1.19. The first kappa shape index (κ1) is 43.3. The van der Waals surface area contributed by atoms with Crippen LogP contribution in [0.25, 0.3) is 80.0 Å². The topological polar surface area (TPSA) is 129 Å². The van der Waals surface area contributed by atoms with Crippen molar-refractivity contribution in [2.24, 2.45) is 0 Å². The van der Waals surface area contributed by atoms with Crippen LogP contribution in [-0.4, -0.2) is 49.8 Å². The second-order valence-corrected chi connectivity index (χ2v) is 17.1. The van der Waals surface area contributed by atoms with Gasteiger partial charge in [0, 0.05) is 41.3 Å². The molecule has 0 unspecified atom stereocenters. The second kappa shape index (κ2) is 20.7. The first-order valence-electron chi connectivity index (χ1n) is 23.6. The van der Waals surface area contributed by atoms with Gasteiger partial charge in [-0.1, -0.05) is 139 Å². The molecule has 0 saturated carbocycles. The van der Waals surface area contributed by atoms with Gasteiger partial charge in [-0.3, -0.25) is 19.9 Å². The summed E-state index contributed by atoms with van der Waals surface area (Å²) in [4.78, 5) is 48.7. The predicted molar refractivity (Wildman–Crippen MR) is 259 cm³/mol. The molecule has 0 spiro atoms. The maximum absolute atomic E-state index is 5.10. The van der Waals surface area contributed by atoms with Crippen LogP contribution in [0.15, 0.2) is 134 Å². The van der Waals surface area contributed by atoms with Crippen molar-refractivity contribution in [3.8, 4) is 80.0 Å². The molecule has 10 nitrogen and oxygen atoms in total. The lowest BCUT2D eigenvalue weighted by molar-refractivity contribution is 0.398. The minimum Gasteiger partial charge on any atom is -0.253 e. The lowest BCUT2D eigenvalue weighted by Gasteiger charge is -2.33. The van der Waals surface area contributed by atoms with E-state index in [1.807, 2.05) is 72.8 Å². The Labute approximate surface area is 382 Å². The van der Waals surface area contributed by atoms with Crippen LogP contribution in [0.2, 0.25) is 0 Å². The number of aromatic nitrogens is 10. The third-order valence-corrected chi connectivity index (χ3v) is 12.6. The fourth-order valence-electron chi connectivity index (χ4n) is 9.30. The molecular formula is C55H56N10. The first-order valence-corrected chi connectivity index (χ1v) is 23.6. The fourth-order valence-corrected chi connectivity index (χ4v) is 9.30. The van der Waals surface area contributed by atoms with Crippen molar-refractivity contribution in [2.75, 3.05) is 0 Å². The average Bonchev–Trinajstić information content (AvgIpc) is 3.64. The number of pyridine rings is 4. The van der Waals surface area contributed by atoms with E-state index >= 15 is 0 Å². The molecule has 2 aromatic carbocycles. The smallest absolute Gasteiger partial charge is 0.182 e. The Hall–Kier alpha value is -6.94. The Morgan fingerprint density at radius 1 is 0.338 bits per heavy atom. The van der Waals surface area contributed by atoms with Crippen molar-refractivity contribution in [1.82, 2.24) is 49.8 Å². The zero-order valence-corrected chi connectivity index (χ0v) is 37.6. The summed E-state index contributed by atoms with van der Waals surface area (Å²) in [5.74, 6) is 3.27. The molecule has 0 radical (unpaired) electrons. The molecule has 1 aliphatic carbocycles. The Morgan fingerprint density at radius 2 is 0.662 bits per heavy atom. The van der Waals surface area contributed by atoms with Crippen molar-refractivity contribution in [3.05, 3.63) is 145 Å². The Kier molecular flexibility index (Phi) is 13.8. The van der Waals surface area contributed by atoms with Gasteiger partial charge in [0.05, 0.1) is 0 Å². The van der Waals surface area contributed by atoms with E-state index in [0.717, 1.165) is 36.8 Å². The number of nitrogens with zero attached hydrogens (tertiary/aromatic N) is 10. The molecule has 6 aromatic heterocycles. The van der Waals surface area contributed by atoms with Crippen molar-refractivity contribution < 1.29 is 0 Å². The zero-order chi connectivity index (χ0) is 44.3. The molecule has 0 fully saturated rings. The van der Waals surface area contributed by atoms with Crippen molar-refractivity contribution in [2.45, 2.75) is 109 Å². The van der Waals surface area contributed by atoms with Crippen molar-refractivity contribution in [3.63, 3.8) is 0 Å². The Bertz CT molecular complexity index is 2490. The molecule has 326 valence electrons. The highest BCUT2D eigenvalue weighted by molar-refractivity contribution is 5.85. The van der Waals surface area contributed by atoms with Crippen LogP contribution in [0.3, 0.4) is 0 Å². The largest absolute Gasteiger partial charge is 0.253 e. The van der Waals surface area contributed by atoms with Crippen molar-refractivity contribution >= 4 is 0 Å². The summed E-state index contributed by atoms with van der Waals surface area (Å²) in [6.45, 7) is 4.57. The van der Waals surface area contributed by atoms with Crippen LogP contribution in [0.1, 0.15) is 115 Å². The van der Waals surface area contributed by atoms with E-state index < -0.39 is 0 Å². The van der Waals surface area contributed by atoms with Gasteiger partial charge in [0.1, 0.15) is 22.8 Å². The van der Waals surface area contributed by atoms with Crippen LogP contribution >= 0.6 is 0 Å². The van der Waals surface area contributed by atoms with Crippen LogP contribution in [0.4, 0.5) is 0 Å². The quantitative estimate of drug-likeness (QED) is 0.0683. The van der Waals surface area contributed by atoms with Gasteiger partial charge in [-0.15, -0.1) is 0 Å². The second-order valence-electron chi connectivity index (χ2n) is 17.1. The highest BCUT2D eigenvalue weighted by Gasteiger charge is 2.43. The third kappa shape index (κ3) is 9.77. The zero-order valence-electron chi connectivity index (χ0n) is 37.6. The van der Waals surface area contributed by atoms with Gasteiger partial charge in [0.2, 0.25) is 0 Å². The molecule has 0 bridgehead atoms. The van der Waals surface area contributed by atoms with Crippen LogP contribution in [-0.2, 0) is 5.41 Å². The average molecular weight is 857 g/mol. The Morgan fingerprint density at radius 3 is 0.985 bits per heavy atom. The minimum atomic E-state index is -0.256. The highest BCUT2D eigenvalue weighted by atomic mass is 15.1. The van der Waals surface area contributed by atoms with Gasteiger partial charge >= 0.3 is 0 Å². The van der Waals surface area contributed by atoms with E-state index in [1.165, 1.54) is 86.5 Å². The summed E-state index contributed by atoms with van der Waals surface area (Å²) < 4.78 is 0. The first-order chi connectivity index (χ1) is 32.1. The van der Waals surface area contributed by atoms with Gasteiger partial charge in [-0.2, -0.15) is 0 Å². The molecule has 65 heavy (non-hydrogen) atoms. The lowest BCUT2D eigenvalue weighted by atomic mass is 9.70. The molecule has 0 aliphatic heterocycles. The van der Waals surface area contributed by atoms with Crippen LogP contribution in [0.5, 0.6) is 0 Å². The summed E-state index contributed by atoms with van der Waals surface area (Å²) >= 11 is 0. The predicted octanol–water partition coefficient (Wildman–Crippen LogP) is 13.4. The van der Waals surface area contributed by atoms with Crippen molar-refractivity contribution in [1.29, 1.82) is 0 Å². The van der Waals surface area contributed by atoms with Gasteiger partial charge in [-0.05, 0) is 95.8 Å². The standard InChI is InChI=1S/C55H56N10/c1-3-5-7-9-11-17-31-55(32-18-12-10-8-6-4-2)43-37-39(49-60-51(45-23-13-19-33-56-45)64-52(61-49)46-24-14-20-34-57-46)27-29-41(43)42-30-28-40(38-44(42)55)50-62-53(47-25-15-21-35-58-47)65-54(63-50)48-26-16-22-36-59-48/h13-16,19-30,33-38H,3-12,17-18,31-32H2,1-2H3. The molecule has 1 aliphatic rings. The van der Waals surface area contributed by atoms with Gasteiger partial charge < -0.3 is 0 Å². The number of fused-ring (bicyclic) bond motifs is 3. The van der Waals surface area contributed by atoms with E-state index in [0.29, 0.717) is 57.7 Å². The highest BCUT2D eigenvalue weighted by Crippen LogP contribution is 2.55. The van der Waals surface area contributed by atoms with E-state index in [2.05, 4.69) is 70.2 Å². The molecule has 0 amide bonds. The number of hydrogen-bond acceptors (Lipinski definition) is 10. The SMILES string of the molecule is CCCCCCCCC1(CCCCCCCC)c2cc(-c3nc(-c4ccccn4)nc(-c4ccccn4)n3)ccc2-c2ccc(-c3nc(-c4ccccn4)nc(-c4ccccn4)n3)cc21. The molecule has 8 aromatic rings. The number of benzene rings is 2. The van der Waals surface area contributed by atoms with Gasteiger partial charge in [-0.25, -0.2) is 29.9 Å². The molecule has 0 saturated heterocycles. The van der Waals surface area contributed by atoms with Gasteiger partial charge in [0.25, 0.3) is 0 Å². The fraction of sp³-hybridized carbons (Fsp3) is 0.309. The lowest BCUT2D eigenvalue weighted by Crippen LogP contribution is -2.26. The molecule has 0 atom stereocenters. The number of unbranched alkanes of at least 4 members (excludes halogenated alkanes) is 10. The molecule has 10 heteroatoms. The van der Waals surface area contributed by atoms with Crippen LogP contribution in [0, 0.1) is 0 Å². The van der Waals surface area contributed by atoms with E-state index in [1.54, 1.807) is 24.8 Å². The van der Waals surface area contributed by atoms with E-state index in [9.17, 15) is 0 Å². The summed E-state index contributed by atoms with van der Waals surface area (Å²) in [7, 11) is 0. The molecule has 9 rings (SSSR count). The number of hydrogen-bond donors (Lipinski definition) is 0. The molecule has 6 heterocycles. The summed E-state index contributed by atoms with van der Waals surface area (Å²) in [6, 6.07) is 36.9. The van der Waals surface area contributed by atoms with Crippen LogP contribution < -0.4 is 0 Å².